The Hall–Kier alpha value is 0.0831. The molecule has 0 heterocycles. The molecule has 4 aromatic carbocycles. The smallest absolute Gasteiger partial charge is 1.00 e. The maximum Gasteiger partial charge on any atom is 4.00 e. The van der Waals surface area contributed by atoms with Crippen molar-refractivity contribution in [2.45, 2.75) is 0 Å². The number of benzene rings is 2. The van der Waals surface area contributed by atoms with Gasteiger partial charge >= 0.3 is 26.2 Å². The van der Waals surface area contributed by atoms with Gasteiger partial charge < -0.3 is 24.8 Å². The first-order valence-corrected chi connectivity index (χ1v) is 7.93. The molecule has 0 saturated carbocycles. The first-order valence-electron chi connectivity index (χ1n) is 6.34. The molecule has 0 aliphatic heterocycles. The molecular formula is C18H12Br2Cl2Zr. The van der Waals surface area contributed by atoms with Crippen molar-refractivity contribution in [3.63, 3.8) is 0 Å². The van der Waals surface area contributed by atoms with Gasteiger partial charge in [-0.1, -0.05) is 52.9 Å². The predicted octanol–water partition coefficient (Wildman–Crippen LogP) is 0.648. The third-order valence-corrected chi connectivity index (χ3v) is 4.08. The number of fused-ring (bicyclic) bond motifs is 2. The van der Waals surface area contributed by atoms with E-state index in [0.29, 0.717) is 0 Å². The van der Waals surface area contributed by atoms with Gasteiger partial charge in [0.15, 0.2) is 0 Å². The zero-order valence-electron chi connectivity index (χ0n) is 11.9. The van der Waals surface area contributed by atoms with E-state index in [2.05, 4.69) is 105 Å². The average molecular weight is 550 g/mol. The Balaban J connectivity index is 0.000000372. The van der Waals surface area contributed by atoms with Crippen molar-refractivity contribution in [2.24, 2.45) is 0 Å². The van der Waals surface area contributed by atoms with E-state index >= 15 is 0 Å². The number of hydrogen-bond acceptors (Lipinski definition) is 0. The van der Waals surface area contributed by atoms with Crippen LogP contribution in [-0.2, 0) is 26.2 Å². The average Bonchev–Trinajstić information content (AvgIpc) is 2.99. The second-order valence-electron chi connectivity index (χ2n) is 4.60. The molecule has 0 aliphatic rings. The van der Waals surface area contributed by atoms with Crippen molar-refractivity contribution in [1.29, 1.82) is 0 Å². The van der Waals surface area contributed by atoms with Crippen LogP contribution < -0.4 is 24.8 Å². The van der Waals surface area contributed by atoms with Crippen LogP contribution in [-0.4, -0.2) is 0 Å². The fourth-order valence-electron chi connectivity index (χ4n) is 2.23. The fourth-order valence-corrected chi connectivity index (χ4v) is 3.21. The van der Waals surface area contributed by atoms with Gasteiger partial charge in [-0.2, -0.15) is 12.1 Å². The van der Waals surface area contributed by atoms with Gasteiger partial charge in [0.05, 0.1) is 0 Å². The summed E-state index contributed by atoms with van der Waals surface area (Å²) in [5, 5.41) is 5.20. The van der Waals surface area contributed by atoms with Gasteiger partial charge in [-0.25, -0.2) is 0 Å². The summed E-state index contributed by atoms with van der Waals surface area (Å²) < 4.78 is 2.32. The van der Waals surface area contributed by atoms with E-state index < -0.39 is 0 Å². The molecular weight excluding hydrogens is 538 g/mol. The van der Waals surface area contributed by atoms with Crippen molar-refractivity contribution in [1.82, 2.24) is 0 Å². The first kappa shape index (κ1) is 23.1. The summed E-state index contributed by atoms with van der Waals surface area (Å²) in [7, 11) is 0. The molecule has 5 heteroatoms. The van der Waals surface area contributed by atoms with Gasteiger partial charge in [0.25, 0.3) is 0 Å². The molecule has 0 N–H and O–H groups in total. The van der Waals surface area contributed by atoms with E-state index in [1.54, 1.807) is 0 Å². The second-order valence-corrected chi connectivity index (χ2v) is 6.44. The summed E-state index contributed by atoms with van der Waals surface area (Å²) >= 11 is 6.85. The summed E-state index contributed by atoms with van der Waals surface area (Å²) in [4.78, 5) is 0. The largest absolute Gasteiger partial charge is 4.00 e. The molecule has 116 valence electrons. The van der Waals surface area contributed by atoms with Crippen LogP contribution in [0.25, 0.3) is 21.5 Å². The number of rotatable bonds is 0. The normalized spacial score (nSPS) is 9.13. The van der Waals surface area contributed by atoms with Gasteiger partial charge in [0, 0.05) is 0 Å². The summed E-state index contributed by atoms with van der Waals surface area (Å²) in [6, 6.07) is 25.1. The standard InChI is InChI=1S/2C9H6Br.2ClH.Zr/c2*10-9-5-7-3-1-2-4-8(7)6-9;;;/h2*1-6H;2*1H;/q2*-1;;;+4/p-2. The van der Waals surface area contributed by atoms with Gasteiger partial charge in [0.2, 0.25) is 0 Å². The molecule has 0 amide bonds. The van der Waals surface area contributed by atoms with Crippen LogP contribution in [0, 0.1) is 0 Å². The SMILES string of the molecule is Brc1cc2ccccc2[cH-]1.Brc1cc2ccccc2[cH-]1.[Cl-].[Cl-].[Zr+4]. The molecule has 0 radical (unpaired) electrons. The molecule has 0 saturated heterocycles. The Morgan fingerprint density at radius 3 is 1.30 bits per heavy atom. The zero-order valence-corrected chi connectivity index (χ0v) is 19.1. The molecule has 0 aliphatic carbocycles. The Morgan fingerprint density at radius 1 is 0.609 bits per heavy atom. The fraction of sp³-hybridized carbons (Fsp3) is 0. The molecule has 0 aromatic heterocycles. The van der Waals surface area contributed by atoms with Gasteiger partial charge in [-0.15, -0.1) is 70.1 Å². The monoisotopic (exact) mass is 546 g/mol. The van der Waals surface area contributed by atoms with E-state index in [0.717, 1.165) is 8.95 Å². The van der Waals surface area contributed by atoms with Gasteiger partial charge in [-0.05, 0) is 0 Å². The van der Waals surface area contributed by atoms with E-state index in [9.17, 15) is 0 Å². The summed E-state index contributed by atoms with van der Waals surface area (Å²) in [5.41, 5.74) is 0. The third kappa shape index (κ3) is 6.14. The maximum atomic E-state index is 3.42. The third-order valence-electron chi connectivity index (χ3n) is 3.17. The molecule has 0 unspecified atom stereocenters. The Morgan fingerprint density at radius 2 is 0.957 bits per heavy atom. The molecule has 0 atom stereocenters. The van der Waals surface area contributed by atoms with Crippen LogP contribution in [0.2, 0.25) is 0 Å². The van der Waals surface area contributed by atoms with Crippen LogP contribution in [0.3, 0.4) is 0 Å². The Bertz CT molecular complexity index is 714. The second kappa shape index (κ2) is 10.8. The Kier molecular flexibility index (Phi) is 10.9. The van der Waals surface area contributed by atoms with Crippen LogP contribution in [0.15, 0.2) is 81.7 Å². The molecule has 4 rings (SSSR count). The van der Waals surface area contributed by atoms with Crippen molar-refractivity contribution < 1.29 is 51.0 Å². The van der Waals surface area contributed by atoms with Crippen LogP contribution >= 0.6 is 31.9 Å². The summed E-state index contributed by atoms with van der Waals surface area (Å²) in [6.07, 6.45) is 0. The quantitative estimate of drug-likeness (QED) is 0.283. The molecule has 0 fully saturated rings. The number of hydrogen-bond donors (Lipinski definition) is 0. The molecule has 0 bridgehead atoms. The molecule has 4 aromatic rings. The van der Waals surface area contributed by atoms with Crippen molar-refractivity contribution in [3.05, 3.63) is 81.7 Å². The van der Waals surface area contributed by atoms with Crippen LogP contribution in [0.5, 0.6) is 0 Å². The molecule has 23 heavy (non-hydrogen) atoms. The summed E-state index contributed by atoms with van der Waals surface area (Å²) in [5.74, 6) is 0. The van der Waals surface area contributed by atoms with E-state index in [1.807, 2.05) is 0 Å². The zero-order chi connectivity index (χ0) is 13.9. The van der Waals surface area contributed by atoms with Crippen molar-refractivity contribution in [3.8, 4) is 0 Å². The topological polar surface area (TPSA) is 0 Å². The molecule has 0 nitrogen and oxygen atoms in total. The minimum absolute atomic E-state index is 0. The van der Waals surface area contributed by atoms with E-state index in [1.165, 1.54) is 21.5 Å². The van der Waals surface area contributed by atoms with Crippen LogP contribution in [0.4, 0.5) is 0 Å². The first-order chi connectivity index (χ1) is 9.72. The van der Waals surface area contributed by atoms with Crippen molar-refractivity contribution in [2.75, 3.05) is 0 Å². The van der Waals surface area contributed by atoms with Gasteiger partial charge in [0.1, 0.15) is 0 Å². The van der Waals surface area contributed by atoms with E-state index in [-0.39, 0.29) is 51.0 Å². The Labute approximate surface area is 184 Å². The maximum absolute atomic E-state index is 3.42. The van der Waals surface area contributed by atoms with E-state index in [4.69, 9.17) is 0 Å². The molecule has 0 spiro atoms. The summed E-state index contributed by atoms with van der Waals surface area (Å²) in [6.45, 7) is 0. The van der Waals surface area contributed by atoms with Crippen molar-refractivity contribution >= 4 is 53.4 Å². The predicted molar refractivity (Wildman–Crippen MR) is 94.5 cm³/mol. The van der Waals surface area contributed by atoms with Gasteiger partial charge in [-0.3, -0.25) is 0 Å². The number of halogens is 4. The van der Waals surface area contributed by atoms with Crippen LogP contribution in [0.1, 0.15) is 0 Å². The minimum atomic E-state index is 0. The minimum Gasteiger partial charge on any atom is -1.00 e.